The fourth-order valence-electron chi connectivity index (χ4n) is 2.32. The van der Waals surface area contributed by atoms with Gasteiger partial charge < -0.3 is 4.74 Å². The standard InChI is InChI=1S/C14H19BrO/c1-9-4-5-12(8-10(9)2)14(15)13-6-7-16-11(13)3/h4-5,8,11,13-14H,6-7H2,1-3H3. The predicted octanol–water partition coefficient (Wildman–Crippen LogP) is 4.16. The van der Waals surface area contributed by atoms with Gasteiger partial charge in [0.15, 0.2) is 0 Å². The molecule has 88 valence electrons. The molecule has 1 saturated heterocycles. The first-order valence-electron chi connectivity index (χ1n) is 5.92. The van der Waals surface area contributed by atoms with E-state index in [0.29, 0.717) is 16.8 Å². The van der Waals surface area contributed by atoms with Crippen molar-refractivity contribution in [3.05, 3.63) is 34.9 Å². The van der Waals surface area contributed by atoms with E-state index in [9.17, 15) is 0 Å². The molecule has 1 aliphatic heterocycles. The van der Waals surface area contributed by atoms with Crippen LogP contribution in [0.25, 0.3) is 0 Å². The third-order valence-electron chi connectivity index (χ3n) is 3.66. The second kappa shape index (κ2) is 4.89. The summed E-state index contributed by atoms with van der Waals surface area (Å²) in [7, 11) is 0. The van der Waals surface area contributed by atoms with Crippen LogP contribution in [0.5, 0.6) is 0 Å². The van der Waals surface area contributed by atoms with E-state index in [4.69, 9.17) is 4.74 Å². The Morgan fingerprint density at radius 1 is 1.31 bits per heavy atom. The summed E-state index contributed by atoms with van der Waals surface area (Å²) >= 11 is 3.83. The summed E-state index contributed by atoms with van der Waals surface area (Å²) in [5.41, 5.74) is 4.11. The van der Waals surface area contributed by atoms with Crippen molar-refractivity contribution in [2.45, 2.75) is 38.1 Å². The molecule has 0 radical (unpaired) electrons. The van der Waals surface area contributed by atoms with Crippen LogP contribution in [-0.2, 0) is 4.74 Å². The lowest BCUT2D eigenvalue weighted by molar-refractivity contribution is 0.105. The average Bonchev–Trinajstić information content (AvgIpc) is 2.67. The first kappa shape index (κ1) is 12.1. The van der Waals surface area contributed by atoms with Gasteiger partial charge in [0, 0.05) is 17.4 Å². The molecule has 0 spiro atoms. The van der Waals surface area contributed by atoms with E-state index < -0.39 is 0 Å². The highest BCUT2D eigenvalue weighted by Gasteiger charge is 2.31. The van der Waals surface area contributed by atoms with E-state index in [-0.39, 0.29) is 0 Å². The smallest absolute Gasteiger partial charge is 0.0589 e. The molecule has 1 nitrogen and oxygen atoms in total. The quantitative estimate of drug-likeness (QED) is 0.740. The van der Waals surface area contributed by atoms with Gasteiger partial charge in [-0.1, -0.05) is 34.1 Å². The Balaban J connectivity index is 2.20. The number of hydrogen-bond acceptors (Lipinski definition) is 1. The maximum absolute atomic E-state index is 5.63. The molecule has 0 amide bonds. The second-order valence-corrected chi connectivity index (χ2v) is 5.76. The van der Waals surface area contributed by atoms with Crippen LogP contribution in [0, 0.1) is 19.8 Å². The summed E-state index contributed by atoms with van der Waals surface area (Å²) in [4.78, 5) is 0.421. The van der Waals surface area contributed by atoms with E-state index >= 15 is 0 Å². The molecular formula is C14H19BrO. The fraction of sp³-hybridized carbons (Fsp3) is 0.571. The molecule has 1 heterocycles. The summed E-state index contributed by atoms with van der Waals surface area (Å²) in [5.74, 6) is 0.599. The van der Waals surface area contributed by atoms with E-state index in [2.05, 4.69) is 54.9 Å². The molecule has 2 rings (SSSR count). The van der Waals surface area contributed by atoms with Crippen molar-refractivity contribution in [1.29, 1.82) is 0 Å². The number of ether oxygens (including phenoxy) is 1. The van der Waals surface area contributed by atoms with Crippen molar-refractivity contribution in [1.82, 2.24) is 0 Å². The Morgan fingerprint density at radius 2 is 2.06 bits per heavy atom. The topological polar surface area (TPSA) is 9.23 Å². The summed E-state index contributed by atoms with van der Waals surface area (Å²) in [5, 5.41) is 0. The minimum atomic E-state index is 0.367. The summed E-state index contributed by atoms with van der Waals surface area (Å²) < 4.78 is 5.63. The number of alkyl halides is 1. The molecule has 1 fully saturated rings. The van der Waals surface area contributed by atoms with Gasteiger partial charge in [-0.2, -0.15) is 0 Å². The molecular weight excluding hydrogens is 264 g/mol. The Hall–Kier alpha value is -0.340. The van der Waals surface area contributed by atoms with Crippen molar-refractivity contribution in [2.75, 3.05) is 6.61 Å². The minimum Gasteiger partial charge on any atom is -0.378 e. The first-order chi connectivity index (χ1) is 7.59. The van der Waals surface area contributed by atoms with Crippen LogP contribution in [0.1, 0.15) is 34.9 Å². The molecule has 2 heteroatoms. The van der Waals surface area contributed by atoms with Crippen LogP contribution in [-0.4, -0.2) is 12.7 Å². The molecule has 1 aromatic rings. The highest BCUT2D eigenvalue weighted by atomic mass is 79.9. The Kier molecular flexibility index (Phi) is 3.70. The number of rotatable bonds is 2. The molecule has 3 unspecified atom stereocenters. The van der Waals surface area contributed by atoms with Gasteiger partial charge in [-0.15, -0.1) is 0 Å². The lowest BCUT2D eigenvalue weighted by Gasteiger charge is -2.21. The number of benzene rings is 1. The molecule has 0 N–H and O–H groups in total. The summed E-state index contributed by atoms with van der Waals surface area (Å²) in [6.45, 7) is 7.41. The van der Waals surface area contributed by atoms with E-state index in [0.717, 1.165) is 13.0 Å². The monoisotopic (exact) mass is 282 g/mol. The molecule has 3 atom stereocenters. The third-order valence-corrected chi connectivity index (χ3v) is 4.87. The Labute approximate surface area is 106 Å². The summed E-state index contributed by atoms with van der Waals surface area (Å²) in [6.07, 6.45) is 1.52. The van der Waals surface area contributed by atoms with Gasteiger partial charge in [0.05, 0.1) is 6.10 Å². The number of hydrogen-bond donors (Lipinski definition) is 0. The van der Waals surface area contributed by atoms with E-state index in [1.54, 1.807) is 0 Å². The van der Waals surface area contributed by atoms with Crippen LogP contribution in [0.15, 0.2) is 18.2 Å². The fourth-order valence-corrected chi connectivity index (χ4v) is 3.29. The SMILES string of the molecule is Cc1ccc(C(Br)C2CCOC2C)cc1C. The number of halogens is 1. The second-order valence-electron chi connectivity index (χ2n) is 4.77. The zero-order valence-corrected chi connectivity index (χ0v) is 11.8. The van der Waals surface area contributed by atoms with E-state index in [1.807, 2.05) is 0 Å². The van der Waals surface area contributed by atoms with Gasteiger partial charge in [0.1, 0.15) is 0 Å². The zero-order valence-electron chi connectivity index (χ0n) is 10.2. The molecule has 16 heavy (non-hydrogen) atoms. The van der Waals surface area contributed by atoms with E-state index in [1.165, 1.54) is 16.7 Å². The Morgan fingerprint density at radius 3 is 2.62 bits per heavy atom. The number of aryl methyl sites for hydroxylation is 2. The maximum Gasteiger partial charge on any atom is 0.0589 e. The first-order valence-corrected chi connectivity index (χ1v) is 6.84. The van der Waals surface area contributed by atoms with Crippen molar-refractivity contribution >= 4 is 15.9 Å². The van der Waals surface area contributed by atoms with Crippen LogP contribution in [0.2, 0.25) is 0 Å². The van der Waals surface area contributed by atoms with Gasteiger partial charge in [-0.25, -0.2) is 0 Å². The highest BCUT2D eigenvalue weighted by Crippen LogP contribution is 2.39. The van der Waals surface area contributed by atoms with Crippen LogP contribution in [0.3, 0.4) is 0 Å². The molecule has 1 aliphatic rings. The molecule has 0 aromatic heterocycles. The third kappa shape index (κ3) is 2.33. The van der Waals surface area contributed by atoms with Crippen LogP contribution >= 0.6 is 15.9 Å². The van der Waals surface area contributed by atoms with Gasteiger partial charge in [-0.3, -0.25) is 0 Å². The van der Waals surface area contributed by atoms with Crippen molar-refractivity contribution in [2.24, 2.45) is 5.92 Å². The molecule has 0 bridgehead atoms. The van der Waals surface area contributed by atoms with Gasteiger partial charge in [0.25, 0.3) is 0 Å². The molecule has 0 saturated carbocycles. The van der Waals surface area contributed by atoms with Gasteiger partial charge in [-0.05, 0) is 43.9 Å². The lowest BCUT2D eigenvalue weighted by Crippen LogP contribution is -2.16. The molecule has 0 aliphatic carbocycles. The van der Waals surface area contributed by atoms with Crippen LogP contribution in [0.4, 0.5) is 0 Å². The maximum atomic E-state index is 5.63. The predicted molar refractivity (Wildman–Crippen MR) is 71.1 cm³/mol. The lowest BCUT2D eigenvalue weighted by atomic mass is 9.92. The van der Waals surface area contributed by atoms with Crippen molar-refractivity contribution in [3.8, 4) is 0 Å². The largest absolute Gasteiger partial charge is 0.378 e. The van der Waals surface area contributed by atoms with Gasteiger partial charge >= 0.3 is 0 Å². The van der Waals surface area contributed by atoms with Crippen LogP contribution < -0.4 is 0 Å². The average molecular weight is 283 g/mol. The minimum absolute atomic E-state index is 0.367. The highest BCUT2D eigenvalue weighted by molar-refractivity contribution is 9.09. The normalized spacial score (nSPS) is 27.0. The molecule has 1 aromatic carbocycles. The Bertz CT molecular complexity index is 375. The van der Waals surface area contributed by atoms with Crippen molar-refractivity contribution < 1.29 is 4.74 Å². The van der Waals surface area contributed by atoms with Crippen molar-refractivity contribution in [3.63, 3.8) is 0 Å². The summed E-state index contributed by atoms with van der Waals surface area (Å²) in [6, 6.07) is 6.73. The zero-order chi connectivity index (χ0) is 11.7. The van der Waals surface area contributed by atoms with Gasteiger partial charge in [0.2, 0.25) is 0 Å².